The smallest absolute Gasteiger partial charge is 0.0573 e. The summed E-state index contributed by atoms with van der Waals surface area (Å²) in [5, 5.41) is 0. The van der Waals surface area contributed by atoms with Crippen molar-refractivity contribution in [2.75, 3.05) is 0 Å². The maximum Gasteiger partial charge on any atom is 0.0573 e. The standard InChI is InChI=1S/C13H14BrNS/c1-8-7-11(9(2)16-8)13(15)10-5-3-4-6-12(10)14/h3-7,13H,15H2,1-2H3. The van der Waals surface area contributed by atoms with Crippen molar-refractivity contribution in [3.63, 3.8) is 0 Å². The zero-order valence-corrected chi connectivity index (χ0v) is 11.7. The molecule has 1 nitrogen and oxygen atoms in total. The van der Waals surface area contributed by atoms with Crippen LogP contribution in [0.4, 0.5) is 0 Å². The van der Waals surface area contributed by atoms with E-state index in [0.717, 1.165) is 10.0 Å². The Balaban J connectivity index is 2.43. The Labute approximate surface area is 108 Å². The lowest BCUT2D eigenvalue weighted by Crippen LogP contribution is -2.12. The molecule has 2 rings (SSSR count). The minimum absolute atomic E-state index is 0.0412. The Morgan fingerprint density at radius 3 is 2.44 bits per heavy atom. The lowest BCUT2D eigenvalue weighted by atomic mass is 10.0. The monoisotopic (exact) mass is 295 g/mol. The van der Waals surface area contributed by atoms with E-state index in [1.807, 2.05) is 18.2 Å². The molecule has 16 heavy (non-hydrogen) atoms. The van der Waals surface area contributed by atoms with Gasteiger partial charge < -0.3 is 5.73 Å². The summed E-state index contributed by atoms with van der Waals surface area (Å²) in [6.45, 7) is 4.25. The number of aryl methyl sites for hydroxylation is 2. The van der Waals surface area contributed by atoms with Crippen molar-refractivity contribution >= 4 is 27.3 Å². The van der Waals surface area contributed by atoms with E-state index in [4.69, 9.17) is 5.73 Å². The van der Waals surface area contributed by atoms with Crippen LogP contribution < -0.4 is 5.73 Å². The molecular formula is C13H14BrNS. The second-order valence-corrected chi connectivity index (χ2v) is 6.18. The van der Waals surface area contributed by atoms with E-state index in [1.54, 1.807) is 11.3 Å². The molecule has 1 aromatic heterocycles. The molecule has 0 saturated carbocycles. The first-order valence-electron chi connectivity index (χ1n) is 5.16. The number of rotatable bonds is 2. The summed E-state index contributed by atoms with van der Waals surface area (Å²) >= 11 is 5.35. The first kappa shape index (κ1) is 11.8. The van der Waals surface area contributed by atoms with E-state index in [2.05, 4.69) is 41.9 Å². The molecule has 1 aromatic carbocycles. The van der Waals surface area contributed by atoms with Gasteiger partial charge in [0.15, 0.2) is 0 Å². The topological polar surface area (TPSA) is 26.0 Å². The quantitative estimate of drug-likeness (QED) is 0.884. The van der Waals surface area contributed by atoms with E-state index in [-0.39, 0.29) is 6.04 Å². The molecule has 3 heteroatoms. The predicted molar refractivity (Wildman–Crippen MR) is 74.0 cm³/mol. The fourth-order valence-corrected chi connectivity index (χ4v) is 3.36. The Kier molecular flexibility index (Phi) is 3.47. The highest BCUT2D eigenvalue weighted by atomic mass is 79.9. The summed E-state index contributed by atoms with van der Waals surface area (Å²) < 4.78 is 1.07. The lowest BCUT2D eigenvalue weighted by molar-refractivity contribution is 0.863. The van der Waals surface area contributed by atoms with Crippen molar-refractivity contribution in [2.45, 2.75) is 19.9 Å². The van der Waals surface area contributed by atoms with E-state index in [9.17, 15) is 0 Å². The van der Waals surface area contributed by atoms with Crippen LogP contribution in [0, 0.1) is 13.8 Å². The van der Waals surface area contributed by atoms with Crippen molar-refractivity contribution in [1.29, 1.82) is 0 Å². The highest BCUT2D eigenvalue weighted by Crippen LogP contribution is 2.32. The van der Waals surface area contributed by atoms with Crippen molar-refractivity contribution in [3.05, 3.63) is 55.7 Å². The molecule has 1 unspecified atom stereocenters. The Bertz CT molecular complexity index is 504. The van der Waals surface area contributed by atoms with Crippen LogP contribution in [-0.4, -0.2) is 0 Å². The second-order valence-electron chi connectivity index (χ2n) is 3.87. The molecular weight excluding hydrogens is 282 g/mol. The normalized spacial score (nSPS) is 12.8. The lowest BCUT2D eigenvalue weighted by Gasteiger charge is -2.13. The van der Waals surface area contributed by atoms with Gasteiger partial charge in [0, 0.05) is 14.2 Å². The fourth-order valence-electron chi connectivity index (χ4n) is 1.85. The molecule has 2 N–H and O–H groups in total. The number of benzene rings is 1. The molecule has 0 fully saturated rings. The van der Waals surface area contributed by atoms with Crippen LogP contribution in [0.2, 0.25) is 0 Å². The molecule has 0 amide bonds. The zero-order valence-electron chi connectivity index (χ0n) is 9.33. The highest BCUT2D eigenvalue weighted by molar-refractivity contribution is 9.10. The molecule has 0 spiro atoms. The third-order valence-electron chi connectivity index (χ3n) is 2.65. The molecule has 1 atom stereocenters. The van der Waals surface area contributed by atoms with Crippen LogP contribution in [0.15, 0.2) is 34.8 Å². The zero-order chi connectivity index (χ0) is 11.7. The first-order chi connectivity index (χ1) is 7.59. The van der Waals surface area contributed by atoms with E-state index in [0.29, 0.717) is 0 Å². The van der Waals surface area contributed by atoms with Gasteiger partial charge >= 0.3 is 0 Å². The molecule has 0 aliphatic carbocycles. The third kappa shape index (κ3) is 2.21. The Morgan fingerprint density at radius 1 is 1.19 bits per heavy atom. The van der Waals surface area contributed by atoms with Crippen molar-refractivity contribution in [2.24, 2.45) is 5.73 Å². The summed E-state index contributed by atoms with van der Waals surface area (Å²) in [6.07, 6.45) is 0. The maximum atomic E-state index is 6.31. The van der Waals surface area contributed by atoms with Gasteiger partial charge in [-0.25, -0.2) is 0 Å². The predicted octanol–water partition coefficient (Wildman–Crippen LogP) is 4.18. The Morgan fingerprint density at radius 2 is 1.88 bits per heavy atom. The van der Waals surface area contributed by atoms with Crippen LogP contribution in [0.5, 0.6) is 0 Å². The minimum Gasteiger partial charge on any atom is -0.320 e. The van der Waals surface area contributed by atoms with Crippen molar-refractivity contribution in [3.8, 4) is 0 Å². The van der Waals surface area contributed by atoms with Gasteiger partial charge in [0.25, 0.3) is 0 Å². The highest BCUT2D eigenvalue weighted by Gasteiger charge is 2.15. The first-order valence-corrected chi connectivity index (χ1v) is 6.77. The van der Waals surface area contributed by atoms with Gasteiger partial charge in [0.2, 0.25) is 0 Å². The van der Waals surface area contributed by atoms with Gasteiger partial charge in [-0.2, -0.15) is 0 Å². The summed E-state index contributed by atoms with van der Waals surface area (Å²) in [7, 11) is 0. The van der Waals surface area contributed by atoms with Gasteiger partial charge in [-0.05, 0) is 37.1 Å². The summed E-state index contributed by atoms with van der Waals surface area (Å²) in [6, 6.07) is 10.3. The summed E-state index contributed by atoms with van der Waals surface area (Å²) in [4.78, 5) is 2.62. The summed E-state index contributed by atoms with van der Waals surface area (Å²) in [5.74, 6) is 0. The molecule has 0 bridgehead atoms. The van der Waals surface area contributed by atoms with Gasteiger partial charge in [-0.3, -0.25) is 0 Å². The minimum atomic E-state index is -0.0412. The van der Waals surface area contributed by atoms with Gasteiger partial charge in [-0.1, -0.05) is 34.1 Å². The van der Waals surface area contributed by atoms with Crippen LogP contribution in [0.25, 0.3) is 0 Å². The van der Waals surface area contributed by atoms with Crippen LogP contribution in [0.3, 0.4) is 0 Å². The molecule has 0 radical (unpaired) electrons. The fraction of sp³-hybridized carbons (Fsp3) is 0.231. The largest absolute Gasteiger partial charge is 0.320 e. The molecule has 0 aliphatic heterocycles. The summed E-state index contributed by atoms with van der Waals surface area (Å²) in [5.41, 5.74) is 8.68. The van der Waals surface area contributed by atoms with E-state index >= 15 is 0 Å². The van der Waals surface area contributed by atoms with Crippen LogP contribution >= 0.6 is 27.3 Å². The van der Waals surface area contributed by atoms with E-state index in [1.165, 1.54) is 15.3 Å². The van der Waals surface area contributed by atoms with Gasteiger partial charge in [-0.15, -0.1) is 11.3 Å². The average Bonchev–Trinajstić information content (AvgIpc) is 2.58. The average molecular weight is 296 g/mol. The number of thiophene rings is 1. The SMILES string of the molecule is Cc1cc(C(N)c2ccccc2Br)c(C)s1. The van der Waals surface area contributed by atoms with Crippen molar-refractivity contribution in [1.82, 2.24) is 0 Å². The number of hydrogen-bond acceptors (Lipinski definition) is 2. The molecule has 84 valence electrons. The van der Waals surface area contributed by atoms with Gasteiger partial charge in [0.05, 0.1) is 6.04 Å². The molecule has 0 saturated heterocycles. The second kappa shape index (κ2) is 4.70. The van der Waals surface area contributed by atoms with Crippen molar-refractivity contribution < 1.29 is 0 Å². The number of nitrogens with two attached hydrogens (primary N) is 1. The number of halogens is 1. The van der Waals surface area contributed by atoms with Crippen LogP contribution in [-0.2, 0) is 0 Å². The third-order valence-corrected chi connectivity index (χ3v) is 4.36. The van der Waals surface area contributed by atoms with Crippen LogP contribution in [0.1, 0.15) is 26.9 Å². The van der Waals surface area contributed by atoms with E-state index < -0.39 is 0 Å². The number of hydrogen-bond donors (Lipinski definition) is 1. The molecule has 2 aromatic rings. The molecule has 0 aliphatic rings. The molecule has 1 heterocycles. The van der Waals surface area contributed by atoms with Gasteiger partial charge in [0.1, 0.15) is 0 Å². The maximum absolute atomic E-state index is 6.31. The Hall–Kier alpha value is -0.640.